The molecule has 0 fully saturated rings. The van der Waals surface area contributed by atoms with Crippen LogP contribution in [0.3, 0.4) is 0 Å². The number of ketones is 1. The van der Waals surface area contributed by atoms with Crippen LogP contribution in [0.25, 0.3) is 6.08 Å². The lowest BCUT2D eigenvalue weighted by Gasteiger charge is -2.34. The molecule has 2 heterocycles. The Balaban J connectivity index is 2.50. The smallest absolute Gasteiger partial charge is 0.412 e. The summed E-state index contributed by atoms with van der Waals surface area (Å²) in [7, 11) is 0. The van der Waals surface area contributed by atoms with Crippen molar-refractivity contribution in [1.29, 1.82) is 0 Å². The molecule has 3 N–H and O–H groups in total. The van der Waals surface area contributed by atoms with Crippen molar-refractivity contribution in [3.63, 3.8) is 0 Å². The molecule has 38 heavy (non-hydrogen) atoms. The number of thiazole rings is 1. The zero-order chi connectivity index (χ0) is 28.8. The number of halogens is 3. The van der Waals surface area contributed by atoms with E-state index in [4.69, 9.17) is 4.74 Å². The van der Waals surface area contributed by atoms with E-state index in [1.165, 1.54) is 44.3 Å². The first-order valence-electron chi connectivity index (χ1n) is 12.3. The van der Waals surface area contributed by atoms with E-state index in [9.17, 15) is 38.1 Å². The highest BCUT2D eigenvalue weighted by Gasteiger charge is 2.42. The summed E-state index contributed by atoms with van der Waals surface area (Å²) in [6, 6.07) is 0. The Kier molecular flexibility index (Phi) is 11.0. The maximum Gasteiger partial charge on any atom is 0.412 e. The third-order valence-corrected chi connectivity index (χ3v) is 7.73. The molecule has 1 aromatic heterocycles. The van der Waals surface area contributed by atoms with E-state index in [2.05, 4.69) is 4.98 Å². The second-order valence-corrected chi connectivity index (χ2v) is 11.2. The van der Waals surface area contributed by atoms with Crippen LogP contribution >= 0.6 is 11.3 Å². The van der Waals surface area contributed by atoms with Crippen LogP contribution in [-0.4, -0.2) is 56.5 Å². The molecule has 5 atom stereocenters. The van der Waals surface area contributed by atoms with E-state index in [0.717, 1.165) is 6.08 Å². The first-order chi connectivity index (χ1) is 17.6. The second kappa shape index (κ2) is 13.1. The number of alkyl halides is 3. The molecule has 0 saturated heterocycles. The Labute approximate surface area is 224 Å². The maximum absolute atomic E-state index is 13.8. The van der Waals surface area contributed by atoms with E-state index < -0.39 is 71.9 Å². The molecule has 2 unspecified atom stereocenters. The van der Waals surface area contributed by atoms with Crippen LogP contribution in [0.4, 0.5) is 13.2 Å². The summed E-state index contributed by atoms with van der Waals surface area (Å²) < 4.78 is 46.8. The summed E-state index contributed by atoms with van der Waals surface area (Å²) in [6.07, 6.45) is -4.45. The third-order valence-electron chi connectivity index (χ3n) is 6.87. The number of rotatable bonds is 3. The average Bonchev–Trinajstić information content (AvgIpc) is 3.29. The summed E-state index contributed by atoms with van der Waals surface area (Å²) in [5, 5.41) is 32.8. The molecule has 11 heteroatoms. The van der Waals surface area contributed by atoms with Crippen LogP contribution in [0.1, 0.15) is 64.6 Å². The zero-order valence-corrected chi connectivity index (χ0v) is 23.0. The normalized spacial score (nSPS) is 30.9. The predicted octanol–water partition coefficient (Wildman–Crippen LogP) is 4.77. The number of aromatic nitrogens is 1. The van der Waals surface area contributed by atoms with Gasteiger partial charge in [0.15, 0.2) is 0 Å². The van der Waals surface area contributed by atoms with E-state index in [1.54, 1.807) is 25.3 Å². The predicted molar refractivity (Wildman–Crippen MR) is 138 cm³/mol. The number of aliphatic hydroxyl groups is 3. The number of hydrogen-bond donors (Lipinski definition) is 3. The van der Waals surface area contributed by atoms with Crippen molar-refractivity contribution in [3.05, 3.63) is 45.5 Å². The van der Waals surface area contributed by atoms with Gasteiger partial charge in [-0.3, -0.25) is 9.59 Å². The Bertz CT molecular complexity index is 1080. The highest BCUT2D eigenvalue weighted by molar-refractivity contribution is 7.09. The lowest BCUT2D eigenvalue weighted by molar-refractivity contribution is -0.154. The van der Waals surface area contributed by atoms with Gasteiger partial charge in [0.2, 0.25) is 0 Å². The van der Waals surface area contributed by atoms with E-state index in [0.29, 0.717) is 16.3 Å². The Hall–Kier alpha value is -2.34. The van der Waals surface area contributed by atoms with Gasteiger partial charge in [-0.2, -0.15) is 13.2 Å². The van der Waals surface area contributed by atoms with Gasteiger partial charge in [0.25, 0.3) is 0 Å². The van der Waals surface area contributed by atoms with Gasteiger partial charge >= 0.3 is 12.1 Å². The van der Waals surface area contributed by atoms with Gasteiger partial charge in [-0.15, -0.1) is 11.3 Å². The fraction of sp³-hybridized carbons (Fsp3) is 0.593. The fourth-order valence-electron chi connectivity index (χ4n) is 4.19. The molecule has 1 aliphatic heterocycles. The minimum Gasteiger partial charge on any atom is -0.457 e. The number of esters is 1. The number of allylic oxidation sites excluding steroid dienone is 2. The fourth-order valence-corrected chi connectivity index (χ4v) is 4.80. The van der Waals surface area contributed by atoms with E-state index in [1.807, 2.05) is 0 Å². The number of Topliss-reactive ketones (excluding diaryl/α,β-unsaturated/α-hetero) is 1. The maximum atomic E-state index is 13.8. The Morgan fingerprint density at radius 3 is 2.50 bits per heavy atom. The van der Waals surface area contributed by atoms with Gasteiger partial charge in [-0.1, -0.05) is 45.9 Å². The van der Waals surface area contributed by atoms with Gasteiger partial charge < -0.3 is 20.1 Å². The quantitative estimate of drug-likeness (QED) is 0.361. The molecule has 2 rings (SSSR count). The summed E-state index contributed by atoms with van der Waals surface area (Å²) in [5.41, 5.74) is -1.38. The van der Waals surface area contributed by atoms with Crippen LogP contribution < -0.4 is 0 Å². The molecule has 0 aliphatic carbocycles. The van der Waals surface area contributed by atoms with Crippen LogP contribution in [0, 0.1) is 17.3 Å². The van der Waals surface area contributed by atoms with Crippen LogP contribution in [0.5, 0.6) is 0 Å². The molecule has 1 aliphatic rings. The molecule has 212 valence electrons. The van der Waals surface area contributed by atoms with Gasteiger partial charge in [-0.25, -0.2) is 4.98 Å². The molecular formula is C27H36F3NO6S. The molecule has 0 saturated carbocycles. The van der Waals surface area contributed by atoms with E-state index in [-0.39, 0.29) is 13.0 Å². The minimum absolute atomic E-state index is 0.262. The summed E-state index contributed by atoms with van der Waals surface area (Å²) in [6.45, 7) is 7.35. The number of carbonyl (C=O) groups excluding carboxylic acids is 2. The largest absolute Gasteiger partial charge is 0.457 e. The number of carbonyl (C=O) groups is 2. The Morgan fingerprint density at radius 2 is 1.92 bits per heavy atom. The third kappa shape index (κ3) is 8.33. The van der Waals surface area contributed by atoms with Crippen molar-refractivity contribution >= 4 is 29.2 Å². The van der Waals surface area contributed by atoms with Crippen molar-refractivity contribution < 1.29 is 42.8 Å². The second-order valence-electron chi connectivity index (χ2n) is 10.2. The lowest BCUT2D eigenvalue weighted by atomic mass is 9.73. The molecule has 1 aromatic rings. The zero-order valence-electron chi connectivity index (χ0n) is 22.2. The minimum atomic E-state index is -4.64. The molecule has 0 amide bonds. The first-order valence-corrected chi connectivity index (χ1v) is 13.2. The lowest BCUT2D eigenvalue weighted by Crippen LogP contribution is -2.45. The van der Waals surface area contributed by atoms with Crippen molar-refractivity contribution in [2.45, 2.75) is 85.0 Å². The monoisotopic (exact) mass is 559 g/mol. The summed E-state index contributed by atoms with van der Waals surface area (Å²) in [5.74, 6) is -2.94. The van der Waals surface area contributed by atoms with Crippen molar-refractivity contribution in [1.82, 2.24) is 4.98 Å². The first kappa shape index (κ1) is 31.9. The number of nitrogens with zero attached hydrogens (tertiary/aromatic N) is 1. The highest BCUT2D eigenvalue weighted by Crippen LogP contribution is 2.33. The van der Waals surface area contributed by atoms with Crippen molar-refractivity contribution in [2.75, 3.05) is 0 Å². The van der Waals surface area contributed by atoms with Gasteiger partial charge in [-0.05, 0) is 25.0 Å². The van der Waals surface area contributed by atoms with Gasteiger partial charge in [0, 0.05) is 29.2 Å². The van der Waals surface area contributed by atoms with Gasteiger partial charge in [0.05, 0.1) is 36.3 Å². The van der Waals surface area contributed by atoms with Crippen LogP contribution in [0.2, 0.25) is 0 Å². The average molecular weight is 560 g/mol. The summed E-state index contributed by atoms with van der Waals surface area (Å²) in [4.78, 5) is 30.1. The molecule has 7 nitrogen and oxygen atoms in total. The van der Waals surface area contributed by atoms with Crippen molar-refractivity contribution in [2.24, 2.45) is 17.3 Å². The molecule has 0 bridgehead atoms. The summed E-state index contributed by atoms with van der Waals surface area (Å²) >= 11 is 1.21. The molecular weight excluding hydrogens is 523 g/mol. The topological polar surface area (TPSA) is 117 Å². The SMILES string of the molecule is C/C(=C\c1csc(CO)n1)C1C/C=C(/C(F)(F)F)C/C=C/C(C)[C@H](O)[C@@H](C)C(=O)C(C)(C)[C@@H](O)CC(=O)O1. The van der Waals surface area contributed by atoms with E-state index >= 15 is 0 Å². The highest BCUT2D eigenvalue weighted by atomic mass is 32.1. The van der Waals surface area contributed by atoms with Crippen LogP contribution in [0.15, 0.2) is 34.8 Å². The van der Waals surface area contributed by atoms with Gasteiger partial charge in [0.1, 0.15) is 16.9 Å². The van der Waals surface area contributed by atoms with Crippen LogP contribution in [-0.2, 0) is 20.9 Å². The number of ether oxygens (including phenoxy) is 1. The standard InChI is InChI=1S/C27H36F3NO6S/c1-15-7-6-8-18(27(28,29)30)9-10-20(16(2)11-19-14-38-22(13-32)31-19)37-23(34)12-21(33)26(4,5)25(36)17(3)24(15)35/h6-7,9,11,14-15,17,20-21,24,32-33,35H,8,10,12-13H2,1-5H3/b7-6+,16-11+,18-9+/t15?,17-,20?,21+,24+/m1/s1. The Morgan fingerprint density at radius 1 is 1.26 bits per heavy atom. The van der Waals surface area contributed by atoms with Crippen molar-refractivity contribution in [3.8, 4) is 0 Å². The number of cyclic esters (lactones) is 1. The molecule has 0 radical (unpaired) electrons. The molecule has 0 spiro atoms. The number of aliphatic hydroxyl groups excluding tert-OH is 3. The molecule has 0 aromatic carbocycles. The number of hydrogen-bond acceptors (Lipinski definition) is 8.